The van der Waals surface area contributed by atoms with Gasteiger partial charge in [-0.05, 0) is 62.2 Å². The minimum Gasteiger partial charge on any atom is -0.452 e. The third-order valence-electron chi connectivity index (χ3n) is 3.66. The van der Waals surface area contributed by atoms with Crippen LogP contribution in [0.1, 0.15) is 40.1 Å². The molecule has 0 spiro atoms. The number of ether oxygens (including phenoxy) is 2. The second-order valence-electron chi connectivity index (χ2n) is 5.77. The molecule has 3 rings (SSSR count). The van der Waals surface area contributed by atoms with Crippen LogP contribution in [-0.2, 0) is 0 Å². The van der Waals surface area contributed by atoms with Crippen LogP contribution in [0.15, 0.2) is 52.2 Å². The highest BCUT2D eigenvalue weighted by molar-refractivity contribution is 9.10. The summed E-state index contributed by atoms with van der Waals surface area (Å²) in [5.74, 6) is 0.517. The van der Waals surface area contributed by atoms with E-state index in [0.717, 1.165) is 10.0 Å². The number of carbonyl (C=O) groups excluding carboxylic acids is 2. The predicted molar refractivity (Wildman–Crippen MR) is 93.6 cm³/mol. The maximum Gasteiger partial charge on any atom is 0.343 e. The Balaban J connectivity index is 1.90. The van der Waals surface area contributed by atoms with Crippen LogP contribution in [0.4, 0.5) is 0 Å². The number of benzene rings is 2. The van der Waals surface area contributed by atoms with Crippen LogP contribution in [0.3, 0.4) is 0 Å². The predicted octanol–water partition coefficient (Wildman–Crippen LogP) is 4.85. The van der Waals surface area contributed by atoms with E-state index in [9.17, 15) is 9.59 Å². The Morgan fingerprint density at radius 3 is 2.42 bits per heavy atom. The second kappa shape index (κ2) is 6.24. The topological polar surface area (TPSA) is 52.6 Å². The first-order chi connectivity index (χ1) is 11.4. The summed E-state index contributed by atoms with van der Waals surface area (Å²) in [6.07, 6.45) is 0. The number of allylic oxidation sites excluding steroid dienone is 2. The van der Waals surface area contributed by atoms with Crippen LogP contribution in [0.2, 0.25) is 0 Å². The second-order valence-corrected chi connectivity index (χ2v) is 6.69. The highest BCUT2D eigenvalue weighted by Gasteiger charge is 2.31. The molecule has 4 nitrogen and oxygen atoms in total. The summed E-state index contributed by atoms with van der Waals surface area (Å²) >= 11 is 3.32. The van der Waals surface area contributed by atoms with Crippen molar-refractivity contribution in [1.29, 1.82) is 0 Å². The van der Waals surface area contributed by atoms with Crippen LogP contribution < -0.4 is 9.47 Å². The Labute approximate surface area is 148 Å². The van der Waals surface area contributed by atoms with Crippen LogP contribution >= 0.6 is 15.9 Å². The molecule has 1 aliphatic rings. The minimum absolute atomic E-state index is 0.131. The van der Waals surface area contributed by atoms with Gasteiger partial charge in [-0.15, -0.1) is 0 Å². The highest BCUT2D eigenvalue weighted by Crippen LogP contribution is 2.38. The fraction of sp³-hybridized carbons (Fsp3) is 0.158. The van der Waals surface area contributed by atoms with Crippen molar-refractivity contribution < 1.29 is 19.1 Å². The van der Waals surface area contributed by atoms with Gasteiger partial charge in [-0.1, -0.05) is 15.9 Å². The van der Waals surface area contributed by atoms with E-state index >= 15 is 0 Å². The zero-order valence-corrected chi connectivity index (χ0v) is 15.1. The van der Waals surface area contributed by atoms with Crippen LogP contribution in [0.5, 0.6) is 11.5 Å². The van der Waals surface area contributed by atoms with Gasteiger partial charge in [0.2, 0.25) is 5.78 Å². The van der Waals surface area contributed by atoms with E-state index in [1.165, 1.54) is 0 Å². The van der Waals surface area contributed by atoms with E-state index in [0.29, 0.717) is 33.9 Å². The van der Waals surface area contributed by atoms with Gasteiger partial charge in [0, 0.05) is 10.5 Å². The Morgan fingerprint density at radius 1 is 1.12 bits per heavy atom. The van der Waals surface area contributed by atoms with Gasteiger partial charge in [0.25, 0.3) is 0 Å². The SMILES string of the molecule is CC(C)=C1Oc2cc(OC(=O)c3ccc(Br)cc3)cc(C)c2C1=O. The smallest absolute Gasteiger partial charge is 0.343 e. The molecule has 0 fully saturated rings. The number of carbonyl (C=O) groups is 2. The number of esters is 1. The molecule has 0 N–H and O–H groups in total. The lowest BCUT2D eigenvalue weighted by atomic mass is 10.0. The summed E-state index contributed by atoms with van der Waals surface area (Å²) in [6.45, 7) is 5.44. The van der Waals surface area contributed by atoms with Gasteiger partial charge in [0.15, 0.2) is 5.76 Å². The maximum atomic E-state index is 12.4. The van der Waals surface area contributed by atoms with Crippen molar-refractivity contribution in [3.63, 3.8) is 0 Å². The summed E-state index contributed by atoms with van der Waals surface area (Å²) in [4.78, 5) is 24.6. The molecule has 0 aliphatic carbocycles. The molecule has 0 aromatic heterocycles. The Hall–Kier alpha value is -2.40. The maximum absolute atomic E-state index is 12.4. The van der Waals surface area contributed by atoms with Gasteiger partial charge in [-0.3, -0.25) is 4.79 Å². The van der Waals surface area contributed by atoms with Crippen molar-refractivity contribution in [1.82, 2.24) is 0 Å². The Kier molecular flexibility index (Phi) is 4.28. The zero-order valence-electron chi connectivity index (χ0n) is 13.5. The van der Waals surface area contributed by atoms with Crippen LogP contribution in [-0.4, -0.2) is 11.8 Å². The van der Waals surface area contributed by atoms with Crippen molar-refractivity contribution in [2.75, 3.05) is 0 Å². The number of hydrogen-bond acceptors (Lipinski definition) is 4. The Bertz CT molecular complexity index is 875. The average Bonchev–Trinajstić information content (AvgIpc) is 2.85. The molecule has 0 saturated carbocycles. The van der Waals surface area contributed by atoms with Crippen molar-refractivity contribution >= 4 is 27.7 Å². The third-order valence-corrected chi connectivity index (χ3v) is 4.19. The number of fused-ring (bicyclic) bond motifs is 1. The molecule has 24 heavy (non-hydrogen) atoms. The number of rotatable bonds is 2. The van der Waals surface area contributed by atoms with Gasteiger partial charge < -0.3 is 9.47 Å². The molecule has 1 heterocycles. The lowest BCUT2D eigenvalue weighted by Crippen LogP contribution is -2.08. The summed E-state index contributed by atoms with van der Waals surface area (Å²) in [5, 5.41) is 0. The normalized spacial score (nSPS) is 12.7. The number of aryl methyl sites for hydroxylation is 1. The molecule has 2 aromatic rings. The fourth-order valence-corrected chi connectivity index (χ4v) is 2.77. The minimum atomic E-state index is -0.464. The molecule has 0 unspecified atom stereocenters. The van der Waals surface area contributed by atoms with E-state index in [2.05, 4.69) is 15.9 Å². The molecular weight excluding hydrogens is 372 g/mol. The van der Waals surface area contributed by atoms with Gasteiger partial charge in [-0.25, -0.2) is 4.79 Å². The Morgan fingerprint density at radius 2 is 1.79 bits per heavy atom. The molecule has 0 saturated heterocycles. The average molecular weight is 387 g/mol. The summed E-state index contributed by atoms with van der Waals surface area (Å²) in [5.41, 5.74) is 2.49. The first kappa shape index (κ1) is 16.5. The zero-order chi connectivity index (χ0) is 17.4. The van der Waals surface area contributed by atoms with Crippen molar-refractivity contribution in [3.8, 4) is 11.5 Å². The van der Waals surface area contributed by atoms with E-state index in [4.69, 9.17) is 9.47 Å². The molecule has 0 radical (unpaired) electrons. The quantitative estimate of drug-likeness (QED) is 0.420. The molecule has 122 valence electrons. The number of hydrogen-bond donors (Lipinski definition) is 0. The lowest BCUT2D eigenvalue weighted by Gasteiger charge is -2.08. The van der Waals surface area contributed by atoms with Gasteiger partial charge >= 0.3 is 5.97 Å². The first-order valence-electron chi connectivity index (χ1n) is 7.39. The molecule has 0 atom stereocenters. The number of halogens is 1. The van der Waals surface area contributed by atoms with Crippen LogP contribution in [0.25, 0.3) is 0 Å². The third kappa shape index (κ3) is 2.99. The summed E-state index contributed by atoms with van der Waals surface area (Å²) in [7, 11) is 0. The van der Waals surface area contributed by atoms with E-state index in [1.54, 1.807) is 43.3 Å². The van der Waals surface area contributed by atoms with Gasteiger partial charge in [-0.2, -0.15) is 0 Å². The largest absolute Gasteiger partial charge is 0.452 e. The lowest BCUT2D eigenvalue weighted by molar-refractivity contribution is 0.0734. The van der Waals surface area contributed by atoms with E-state index in [-0.39, 0.29) is 5.78 Å². The monoisotopic (exact) mass is 386 g/mol. The molecule has 1 aliphatic heterocycles. The van der Waals surface area contributed by atoms with Crippen molar-refractivity contribution in [2.24, 2.45) is 0 Å². The molecule has 5 heteroatoms. The molecule has 0 bridgehead atoms. The molecular formula is C19H15BrO4. The van der Waals surface area contributed by atoms with Gasteiger partial charge in [0.1, 0.15) is 11.5 Å². The fourth-order valence-electron chi connectivity index (χ4n) is 2.50. The summed E-state index contributed by atoms with van der Waals surface area (Å²) in [6, 6.07) is 10.1. The first-order valence-corrected chi connectivity index (χ1v) is 8.18. The molecule has 0 amide bonds. The van der Waals surface area contributed by atoms with Crippen molar-refractivity contribution in [3.05, 3.63) is 68.9 Å². The standard InChI is InChI=1S/C19H15BrO4/c1-10(2)18-17(21)16-11(3)8-14(9-15(16)24-18)23-19(22)12-4-6-13(20)7-5-12/h4-9H,1-3H3. The highest BCUT2D eigenvalue weighted by atomic mass is 79.9. The van der Waals surface area contributed by atoms with E-state index in [1.807, 2.05) is 13.8 Å². The number of Topliss-reactive ketones (excluding diaryl/α,β-unsaturated/α-hetero) is 1. The van der Waals surface area contributed by atoms with Gasteiger partial charge in [0.05, 0.1) is 11.1 Å². The van der Waals surface area contributed by atoms with Crippen LogP contribution in [0, 0.1) is 6.92 Å². The van der Waals surface area contributed by atoms with E-state index < -0.39 is 5.97 Å². The van der Waals surface area contributed by atoms with Crippen molar-refractivity contribution in [2.45, 2.75) is 20.8 Å². The molecule has 2 aromatic carbocycles. The summed E-state index contributed by atoms with van der Waals surface area (Å²) < 4.78 is 11.9. The number of ketones is 1.